The first-order valence-corrected chi connectivity index (χ1v) is 7.65. The highest BCUT2D eigenvalue weighted by Gasteiger charge is 2.18. The Kier molecular flexibility index (Phi) is 4.62. The minimum atomic E-state index is -0.991. The van der Waals surface area contributed by atoms with Gasteiger partial charge in [-0.3, -0.25) is 4.68 Å². The molecule has 0 unspecified atom stereocenters. The van der Waals surface area contributed by atoms with Crippen LogP contribution in [0.5, 0.6) is 0 Å². The van der Waals surface area contributed by atoms with Gasteiger partial charge in [-0.15, -0.1) is 0 Å². The fourth-order valence-electron chi connectivity index (χ4n) is 2.16. The molecule has 0 saturated heterocycles. The van der Waals surface area contributed by atoms with Gasteiger partial charge in [0.25, 0.3) is 0 Å². The zero-order valence-corrected chi connectivity index (χ0v) is 13.4. The van der Waals surface area contributed by atoms with E-state index in [0.717, 1.165) is 17.9 Å². The second-order valence-corrected chi connectivity index (χ2v) is 5.69. The number of hydrogen-bond acceptors (Lipinski definition) is 5. The number of aromatic nitrogens is 4. The molecular formula is C14H18N4O2S. The first kappa shape index (κ1) is 15.5. The molecule has 2 aromatic rings. The molecular weight excluding hydrogens is 288 g/mol. The van der Waals surface area contributed by atoms with Gasteiger partial charge in [-0.2, -0.15) is 5.10 Å². The van der Waals surface area contributed by atoms with Gasteiger partial charge in [0.15, 0.2) is 0 Å². The average Bonchev–Trinajstić information content (AvgIpc) is 2.75. The molecule has 0 saturated carbocycles. The number of hydrogen-bond donors (Lipinski definition) is 1. The summed E-state index contributed by atoms with van der Waals surface area (Å²) in [6, 6.07) is 2.01. The third-order valence-corrected chi connectivity index (χ3v) is 4.03. The predicted octanol–water partition coefficient (Wildman–Crippen LogP) is 2.61. The maximum Gasteiger partial charge on any atom is 0.340 e. The summed E-state index contributed by atoms with van der Waals surface area (Å²) in [5.41, 5.74) is 2.70. The van der Waals surface area contributed by atoms with Gasteiger partial charge in [0.05, 0.1) is 11.4 Å². The van der Waals surface area contributed by atoms with E-state index in [-0.39, 0.29) is 5.56 Å². The summed E-state index contributed by atoms with van der Waals surface area (Å²) in [6.07, 6.45) is 0. The van der Waals surface area contributed by atoms with E-state index < -0.39 is 5.97 Å². The molecule has 21 heavy (non-hydrogen) atoms. The lowest BCUT2D eigenvalue weighted by Crippen LogP contribution is -2.08. The number of rotatable bonds is 5. The molecule has 0 bridgehead atoms. The average molecular weight is 306 g/mol. The van der Waals surface area contributed by atoms with Gasteiger partial charge in [-0.25, -0.2) is 14.8 Å². The van der Waals surface area contributed by atoms with Crippen molar-refractivity contribution in [3.05, 3.63) is 34.5 Å². The minimum Gasteiger partial charge on any atom is -0.478 e. The molecule has 6 nitrogen and oxygen atoms in total. The Hall–Kier alpha value is -1.89. The molecule has 0 radical (unpaired) electrons. The Morgan fingerprint density at radius 3 is 2.67 bits per heavy atom. The molecule has 0 amide bonds. The van der Waals surface area contributed by atoms with E-state index in [1.54, 1.807) is 13.8 Å². The summed E-state index contributed by atoms with van der Waals surface area (Å²) in [7, 11) is 0. The largest absolute Gasteiger partial charge is 0.478 e. The smallest absolute Gasteiger partial charge is 0.340 e. The van der Waals surface area contributed by atoms with Crippen LogP contribution in [0, 0.1) is 20.8 Å². The Morgan fingerprint density at radius 1 is 1.33 bits per heavy atom. The summed E-state index contributed by atoms with van der Waals surface area (Å²) in [4.78, 5) is 19.8. The summed E-state index contributed by atoms with van der Waals surface area (Å²) >= 11 is 1.41. The number of aromatic carboxylic acids is 1. The monoisotopic (exact) mass is 306 g/mol. The van der Waals surface area contributed by atoms with E-state index in [2.05, 4.69) is 15.1 Å². The lowest BCUT2D eigenvalue weighted by atomic mass is 10.2. The van der Waals surface area contributed by atoms with Crippen molar-refractivity contribution in [3.8, 4) is 0 Å². The van der Waals surface area contributed by atoms with Crippen LogP contribution in [0.15, 0.2) is 11.1 Å². The Morgan fingerprint density at radius 2 is 2.05 bits per heavy atom. The Labute approximate surface area is 127 Å². The summed E-state index contributed by atoms with van der Waals surface area (Å²) in [6.45, 7) is 8.23. The van der Waals surface area contributed by atoms with Crippen LogP contribution in [0.25, 0.3) is 0 Å². The number of thioether (sulfide) groups is 1. The number of carboxylic acids is 1. The molecule has 112 valence electrons. The lowest BCUT2D eigenvalue weighted by molar-refractivity contribution is 0.0690. The molecule has 0 atom stereocenters. The lowest BCUT2D eigenvalue weighted by Gasteiger charge is -2.09. The molecule has 2 aromatic heterocycles. The number of nitrogens with zero attached hydrogens (tertiary/aromatic N) is 4. The van der Waals surface area contributed by atoms with E-state index in [0.29, 0.717) is 22.3 Å². The topological polar surface area (TPSA) is 80.9 Å². The van der Waals surface area contributed by atoms with Crippen LogP contribution < -0.4 is 0 Å². The quantitative estimate of drug-likeness (QED) is 0.675. The maximum atomic E-state index is 11.4. The minimum absolute atomic E-state index is 0.185. The Balaban J connectivity index is 2.29. The fourth-order valence-corrected chi connectivity index (χ4v) is 3.26. The van der Waals surface area contributed by atoms with Gasteiger partial charge >= 0.3 is 5.97 Å². The molecule has 1 N–H and O–H groups in total. The van der Waals surface area contributed by atoms with E-state index in [4.69, 9.17) is 0 Å². The van der Waals surface area contributed by atoms with Gasteiger partial charge in [-0.1, -0.05) is 11.8 Å². The van der Waals surface area contributed by atoms with Crippen LogP contribution in [-0.2, 0) is 12.3 Å². The third-order valence-electron chi connectivity index (χ3n) is 3.02. The van der Waals surface area contributed by atoms with Crippen molar-refractivity contribution in [2.24, 2.45) is 0 Å². The van der Waals surface area contributed by atoms with Crippen molar-refractivity contribution in [3.63, 3.8) is 0 Å². The van der Waals surface area contributed by atoms with Crippen molar-refractivity contribution in [2.45, 2.75) is 45.0 Å². The standard InChI is InChI=1S/C14H18N4O2S/c1-5-18-11(6-8(2)17-18)7-21-13-12(14(19)20)9(3)15-10(4)16-13/h6H,5,7H2,1-4H3,(H,19,20). The van der Waals surface area contributed by atoms with E-state index in [1.165, 1.54) is 11.8 Å². The highest BCUT2D eigenvalue weighted by atomic mass is 32.2. The highest BCUT2D eigenvalue weighted by molar-refractivity contribution is 7.98. The second-order valence-electron chi connectivity index (χ2n) is 4.72. The summed E-state index contributed by atoms with van der Waals surface area (Å²) < 4.78 is 1.92. The highest BCUT2D eigenvalue weighted by Crippen LogP contribution is 2.26. The number of carbonyl (C=O) groups is 1. The zero-order valence-electron chi connectivity index (χ0n) is 12.5. The summed E-state index contributed by atoms with van der Waals surface area (Å²) in [5, 5.41) is 14.2. The van der Waals surface area contributed by atoms with Crippen molar-refractivity contribution in [1.82, 2.24) is 19.7 Å². The molecule has 0 aromatic carbocycles. The molecule has 2 rings (SSSR count). The summed E-state index contributed by atoms with van der Waals surface area (Å²) in [5.74, 6) is 0.223. The van der Waals surface area contributed by atoms with Gasteiger partial charge in [-0.05, 0) is 33.8 Å². The second kappa shape index (κ2) is 6.26. The van der Waals surface area contributed by atoms with Crippen LogP contribution in [0.3, 0.4) is 0 Å². The van der Waals surface area contributed by atoms with Crippen LogP contribution >= 0.6 is 11.8 Å². The first-order valence-electron chi connectivity index (χ1n) is 6.67. The third kappa shape index (κ3) is 3.41. The van der Waals surface area contributed by atoms with Crippen molar-refractivity contribution in [1.29, 1.82) is 0 Å². The van der Waals surface area contributed by atoms with E-state index in [9.17, 15) is 9.90 Å². The van der Waals surface area contributed by atoms with Crippen LogP contribution in [-0.4, -0.2) is 30.8 Å². The predicted molar refractivity (Wildman–Crippen MR) is 80.7 cm³/mol. The van der Waals surface area contributed by atoms with Crippen LogP contribution in [0.1, 0.15) is 40.2 Å². The number of aryl methyl sites for hydroxylation is 4. The fraction of sp³-hybridized carbons (Fsp3) is 0.429. The van der Waals surface area contributed by atoms with Crippen LogP contribution in [0.4, 0.5) is 0 Å². The van der Waals surface area contributed by atoms with Gasteiger partial charge in [0.1, 0.15) is 16.4 Å². The molecule has 2 heterocycles. The maximum absolute atomic E-state index is 11.4. The van der Waals surface area contributed by atoms with Gasteiger partial charge < -0.3 is 5.11 Å². The van der Waals surface area contributed by atoms with Crippen molar-refractivity contribution >= 4 is 17.7 Å². The Bertz CT molecular complexity index is 682. The molecule has 0 aliphatic heterocycles. The van der Waals surface area contributed by atoms with Crippen molar-refractivity contribution in [2.75, 3.05) is 0 Å². The molecule has 0 aliphatic carbocycles. The van der Waals surface area contributed by atoms with Gasteiger partial charge in [0, 0.05) is 18.0 Å². The van der Waals surface area contributed by atoms with E-state index >= 15 is 0 Å². The van der Waals surface area contributed by atoms with Crippen molar-refractivity contribution < 1.29 is 9.90 Å². The SMILES string of the molecule is CCn1nc(C)cc1CSc1nc(C)nc(C)c1C(=O)O. The van der Waals surface area contributed by atoms with Gasteiger partial charge in [0.2, 0.25) is 0 Å². The normalized spacial score (nSPS) is 10.9. The van der Waals surface area contributed by atoms with Crippen LogP contribution in [0.2, 0.25) is 0 Å². The molecule has 7 heteroatoms. The number of carboxylic acid groups (broad SMARTS) is 1. The first-order chi connectivity index (χ1) is 9.92. The zero-order chi connectivity index (χ0) is 15.6. The molecule has 0 aliphatic rings. The molecule has 0 spiro atoms. The molecule has 0 fully saturated rings. The van der Waals surface area contributed by atoms with E-state index in [1.807, 2.05) is 24.6 Å².